The van der Waals surface area contributed by atoms with Gasteiger partial charge in [-0.25, -0.2) is 0 Å². The largest absolute Gasteiger partial charge is 0.481 e. The van der Waals surface area contributed by atoms with E-state index >= 15 is 0 Å². The fraction of sp³-hybridized carbons (Fsp3) is 0.903. The van der Waals surface area contributed by atoms with Crippen LogP contribution in [0.2, 0.25) is 0 Å². The Morgan fingerprint density at radius 1 is 0.914 bits per heavy atom. The van der Waals surface area contributed by atoms with Gasteiger partial charge in [0, 0.05) is 5.41 Å². The van der Waals surface area contributed by atoms with Crippen molar-refractivity contribution in [3.8, 4) is 0 Å². The van der Waals surface area contributed by atoms with Crippen molar-refractivity contribution in [2.75, 3.05) is 6.61 Å². The predicted molar refractivity (Wildman–Crippen MR) is 139 cm³/mol. The molecule has 2 unspecified atom stereocenters. The zero-order valence-corrected chi connectivity index (χ0v) is 23.3. The van der Waals surface area contributed by atoms with Crippen LogP contribution in [0.1, 0.15) is 106 Å². The summed E-state index contributed by atoms with van der Waals surface area (Å²) in [4.78, 5) is 12.5. The van der Waals surface area contributed by atoms with Gasteiger partial charge in [0.25, 0.3) is 0 Å². The molecule has 0 aromatic rings. The number of carbonyl (C=O) groups is 1. The molecule has 10 atom stereocenters. The Morgan fingerprint density at radius 3 is 2.23 bits per heavy atom. The molecule has 0 aliphatic heterocycles. The van der Waals surface area contributed by atoms with Gasteiger partial charge in [-0.05, 0) is 103 Å². The van der Waals surface area contributed by atoms with Crippen molar-refractivity contribution in [3.05, 3.63) is 11.6 Å². The molecule has 3 N–H and O–H groups in total. The van der Waals surface area contributed by atoms with Gasteiger partial charge in [0.15, 0.2) is 0 Å². The van der Waals surface area contributed by atoms with Crippen molar-refractivity contribution < 1.29 is 20.1 Å². The molecule has 0 amide bonds. The van der Waals surface area contributed by atoms with Gasteiger partial charge in [-0.3, -0.25) is 4.79 Å². The molecule has 0 spiro atoms. The second kappa shape index (κ2) is 7.59. The Kier molecular flexibility index (Phi) is 5.59. The fourth-order valence-electron chi connectivity index (χ4n) is 11.1. The number of aliphatic hydroxyl groups excluding tert-OH is 2. The normalized spacial score (nSPS) is 55.0. The van der Waals surface area contributed by atoms with E-state index in [1.165, 1.54) is 0 Å². The van der Waals surface area contributed by atoms with Gasteiger partial charge >= 0.3 is 5.97 Å². The number of rotatable bonds is 2. The minimum absolute atomic E-state index is 0.0379. The molecule has 0 aromatic heterocycles. The van der Waals surface area contributed by atoms with Crippen LogP contribution in [0, 0.1) is 56.2 Å². The van der Waals surface area contributed by atoms with Gasteiger partial charge in [0.1, 0.15) is 0 Å². The molecule has 198 valence electrons. The Bertz CT molecular complexity index is 938. The Balaban J connectivity index is 1.59. The first-order valence-corrected chi connectivity index (χ1v) is 14.3. The van der Waals surface area contributed by atoms with Gasteiger partial charge in [-0.2, -0.15) is 0 Å². The van der Waals surface area contributed by atoms with Crippen LogP contribution in [0.25, 0.3) is 0 Å². The lowest BCUT2D eigenvalue weighted by atomic mass is 9.33. The summed E-state index contributed by atoms with van der Waals surface area (Å²) in [5, 5.41) is 31.6. The molecule has 4 heteroatoms. The topological polar surface area (TPSA) is 77.8 Å². The van der Waals surface area contributed by atoms with Crippen molar-refractivity contribution in [2.45, 2.75) is 112 Å². The monoisotopic (exact) mass is 486 g/mol. The van der Waals surface area contributed by atoms with Crippen molar-refractivity contribution in [1.29, 1.82) is 0 Å². The van der Waals surface area contributed by atoms with Crippen LogP contribution in [0.3, 0.4) is 0 Å². The number of hydrogen-bond acceptors (Lipinski definition) is 3. The summed E-state index contributed by atoms with van der Waals surface area (Å²) in [6.45, 7) is 16.6. The van der Waals surface area contributed by atoms with Crippen LogP contribution in [0.5, 0.6) is 0 Å². The van der Waals surface area contributed by atoms with Gasteiger partial charge in [-0.15, -0.1) is 0 Å². The van der Waals surface area contributed by atoms with E-state index in [2.05, 4.69) is 54.5 Å². The van der Waals surface area contributed by atoms with E-state index in [0.717, 1.165) is 57.8 Å². The molecule has 4 saturated carbocycles. The third-order valence-corrected chi connectivity index (χ3v) is 13.6. The molecule has 35 heavy (non-hydrogen) atoms. The number of carboxylic acid groups (broad SMARTS) is 1. The number of allylic oxidation sites excluding steroid dienone is 2. The van der Waals surface area contributed by atoms with E-state index in [-0.39, 0.29) is 39.6 Å². The van der Waals surface area contributed by atoms with Gasteiger partial charge in [-0.1, -0.05) is 60.1 Å². The number of aliphatic carboxylic acids is 1. The highest BCUT2D eigenvalue weighted by molar-refractivity contribution is 5.71. The highest BCUT2D eigenvalue weighted by atomic mass is 16.4. The first-order chi connectivity index (χ1) is 16.1. The van der Waals surface area contributed by atoms with Crippen LogP contribution in [-0.4, -0.2) is 34.0 Å². The van der Waals surface area contributed by atoms with E-state index in [0.29, 0.717) is 17.8 Å². The standard InChI is InChI=1S/C31H50O4/c1-26(2)16-20-19-8-9-23-28(4)12-11-24(33)29(5,18-32)22(28)10-13-31(23,7)30(19,6)15-14-27(20,3)21(17-26)25(34)35/h8,20-24,32-33H,9-18H2,1-7H3,(H,34,35)/t20-,21?,22?,23-,24+,27-,28+,29+,30-,31-/m1/s1. The molecule has 5 rings (SSSR count). The minimum atomic E-state index is -0.605. The zero-order valence-electron chi connectivity index (χ0n) is 23.3. The smallest absolute Gasteiger partial charge is 0.307 e. The van der Waals surface area contributed by atoms with E-state index in [1.807, 2.05) is 0 Å². The second-order valence-corrected chi connectivity index (χ2v) is 15.5. The summed E-state index contributed by atoms with van der Waals surface area (Å²) in [6.07, 6.45) is 11.1. The molecule has 5 aliphatic carbocycles. The molecule has 5 aliphatic rings. The molecular weight excluding hydrogens is 436 g/mol. The summed E-state index contributed by atoms with van der Waals surface area (Å²) < 4.78 is 0. The molecule has 4 fully saturated rings. The molecule has 0 saturated heterocycles. The summed E-state index contributed by atoms with van der Waals surface area (Å²) in [6, 6.07) is 0. The molecule has 0 heterocycles. The van der Waals surface area contributed by atoms with Crippen molar-refractivity contribution >= 4 is 5.97 Å². The first kappa shape index (κ1) is 25.8. The van der Waals surface area contributed by atoms with Crippen LogP contribution in [0.4, 0.5) is 0 Å². The number of carboxylic acids is 1. The maximum absolute atomic E-state index is 12.5. The fourth-order valence-corrected chi connectivity index (χ4v) is 11.1. The SMILES string of the molecule is CC1(C)CC(C(=O)O)[C@]2(C)CC[C@]3(C)C(=CC[C@@H]4[C@@]5(C)CC[C@H](O)[C@@](C)(CO)C5CC[C@]43C)[C@H]2C1. The Morgan fingerprint density at radius 2 is 1.60 bits per heavy atom. The number of fused-ring (bicyclic) bond motifs is 7. The first-order valence-electron chi connectivity index (χ1n) is 14.3. The molecule has 4 nitrogen and oxygen atoms in total. The lowest BCUT2D eigenvalue weighted by Gasteiger charge is -2.71. The van der Waals surface area contributed by atoms with Crippen LogP contribution < -0.4 is 0 Å². The van der Waals surface area contributed by atoms with Gasteiger partial charge in [0.2, 0.25) is 0 Å². The van der Waals surface area contributed by atoms with E-state index < -0.39 is 17.5 Å². The summed E-state index contributed by atoms with van der Waals surface area (Å²) >= 11 is 0. The highest BCUT2D eigenvalue weighted by Crippen LogP contribution is 2.76. The molecular formula is C31H50O4. The van der Waals surface area contributed by atoms with E-state index in [4.69, 9.17) is 0 Å². The van der Waals surface area contributed by atoms with Crippen LogP contribution in [0.15, 0.2) is 11.6 Å². The third-order valence-electron chi connectivity index (χ3n) is 13.6. The average molecular weight is 487 g/mol. The van der Waals surface area contributed by atoms with Crippen LogP contribution >= 0.6 is 0 Å². The molecule has 0 bridgehead atoms. The highest BCUT2D eigenvalue weighted by Gasteiger charge is 2.69. The van der Waals surface area contributed by atoms with Crippen molar-refractivity contribution in [2.24, 2.45) is 56.2 Å². The van der Waals surface area contributed by atoms with E-state index in [9.17, 15) is 20.1 Å². The van der Waals surface area contributed by atoms with Crippen molar-refractivity contribution in [1.82, 2.24) is 0 Å². The third kappa shape index (κ3) is 3.14. The van der Waals surface area contributed by atoms with Crippen LogP contribution in [-0.2, 0) is 4.79 Å². The van der Waals surface area contributed by atoms with Gasteiger partial charge < -0.3 is 15.3 Å². The Labute approximate surface area is 213 Å². The molecule has 0 aromatic carbocycles. The zero-order chi connectivity index (χ0) is 25.8. The second-order valence-electron chi connectivity index (χ2n) is 15.5. The number of hydrogen-bond donors (Lipinski definition) is 3. The summed E-state index contributed by atoms with van der Waals surface area (Å²) in [5.41, 5.74) is 1.36. The average Bonchev–Trinajstić information content (AvgIpc) is 2.77. The van der Waals surface area contributed by atoms with Crippen molar-refractivity contribution in [3.63, 3.8) is 0 Å². The summed E-state index contributed by atoms with van der Waals surface area (Å²) in [7, 11) is 0. The maximum atomic E-state index is 12.5. The lowest BCUT2D eigenvalue weighted by Crippen LogP contribution is -2.66. The van der Waals surface area contributed by atoms with Gasteiger partial charge in [0.05, 0.1) is 18.6 Å². The quantitative estimate of drug-likeness (QED) is 0.392. The minimum Gasteiger partial charge on any atom is -0.481 e. The summed E-state index contributed by atoms with van der Waals surface area (Å²) in [5.74, 6) is 0.318. The van der Waals surface area contributed by atoms with E-state index in [1.54, 1.807) is 5.57 Å². The Hall–Kier alpha value is -0.870. The predicted octanol–water partition coefficient (Wildman–Crippen LogP) is 6.45. The molecule has 0 radical (unpaired) electrons. The maximum Gasteiger partial charge on any atom is 0.307 e. The number of aliphatic hydroxyl groups is 2. The lowest BCUT2D eigenvalue weighted by molar-refractivity contribution is -0.217.